The molecule has 2 aromatic rings. The molecular weight excluding hydrogens is 354 g/mol. The number of hydrogen-bond acceptors (Lipinski definition) is 7. The zero-order chi connectivity index (χ0) is 19.8. The van der Waals surface area contributed by atoms with Crippen LogP contribution in [0.3, 0.4) is 0 Å². The Morgan fingerprint density at radius 3 is 2.37 bits per heavy atom. The number of nitro benzene ring substituents is 1. The third kappa shape index (κ3) is 5.21. The molecule has 0 unspecified atom stereocenters. The number of non-ortho nitro benzene ring substituents is 1. The standard InChI is InChI=1S/C19H19NO7/c1-24-16-6-8-17(25-2)13(11-16)4-9-19(21)27-12-14-10-15(20(22)23)5-7-18(14)26-3/h4-11H,12H2,1-3H3/b9-4+. The van der Waals surface area contributed by atoms with Crippen molar-refractivity contribution in [1.82, 2.24) is 0 Å². The van der Waals surface area contributed by atoms with Gasteiger partial charge in [-0.15, -0.1) is 0 Å². The average Bonchev–Trinajstić information content (AvgIpc) is 2.69. The fraction of sp³-hybridized carbons (Fsp3) is 0.211. The molecule has 0 aromatic heterocycles. The molecule has 0 radical (unpaired) electrons. The Morgan fingerprint density at radius 1 is 1.04 bits per heavy atom. The first-order valence-electron chi connectivity index (χ1n) is 7.86. The van der Waals surface area contributed by atoms with E-state index in [1.165, 1.54) is 51.7 Å². The van der Waals surface area contributed by atoms with Gasteiger partial charge in [0, 0.05) is 29.3 Å². The van der Waals surface area contributed by atoms with Gasteiger partial charge in [-0.25, -0.2) is 4.79 Å². The van der Waals surface area contributed by atoms with Crippen molar-refractivity contribution < 1.29 is 28.7 Å². The first-order valence-corrected chi connectivity index (χ1v) is 7.86. The molecule has 8 heteroatoms. The second-order valence-electron chi connectivity index (χ2n) is 5.30. The summed E-state index contributed by atoms with van der Waals surface area (Å²) in [6, 6.07) is 9.26. The molecule has 0 fully saturated rings. The molecule has 0 aliphatic carbocycles. The average molecular weight is 373 g/mol. The molecule has 0 amide bonds. The first-order chi connectivity index (χ1) is 13.0. The van der Waals surface area contributed by atoms with Crippen LogP contribution in [0.25, 0.3) is 6.08 Å². The van der Waals surface area contributed by atoms with E-state index in [-0.39, 0.29) is 12.3 Å². The highest BCUT2D eigenvalue weighted by Gasteiger charge is 2.12. The molecule has 0 saturated heterocycles. The number of nitro groups is 1. The van der Waals surface area contributed by atoms with Crippen molar-refractivity contribution in [3.05, 3.63) is 63.7 Å². The number of carbonyl (C=O) groups is 1. The van der Waals surface area contributed by atoms with E-state index in [4.69, 9.17) is 18.9 Å². The van der Waals surface area contributed by atoms with E-state index < -0.39 is 10.9 Å². The molecular formula is C19H19NO7. The molecule has 0 bridgehead atoms. The van der Waals surface area contributed by atoms with E-state index in [0.717, 1.165) is 0 Å². The van der Waals surface area contributed by atoms with E-state index in [9.17, 15) is 14.9 Å². The highest BCUT2D eigenvalue weighted by Crippen LogP contribution is 2.26. The zero-order valence-electron chi connectivity index (χ0n) is 15.1. The van der Waals surface area contributed by atoms with Crippen LogP contribution in [0.4, 0.5) is 5.69 Å². The lowest BCUT2D eigenvalue weighted by atomic mass is 10.1. The Bertz CT molecular complexity index is 861. The summed E-state index contributed by atoms with van der Waals surface area (Å²) in [6.45, 7) is -0.163. The Hall–Kier alpha value is -3.55. The predicted molar refractivity (Wildman–Crippen MR) is 98.0 cm³/mol. The first kappa shape index (κ1) is 19.8. The maximum atomic E-state index is 12.0. The molecule has 2 aromatic carbocycles. The molecule has 142 valence electrons. The van der Waals surface area contributed by atoms with Crippen LogP contribution in [0.2, 0.25) is 0 Å². The van der Waals surface area contributed by atoms with E-state index in [0.29, 0.717) is 28.4 Å². The number of nitrogens with zero attached hydrogens (tertiary/aromatic N) is 1. The molecule has 0 atom stereocenters. The van der Waals surface area contributed by atoms with Gasteiger partial charge in [0.25, 0.3) is 5.69 Å². The van der Waals surface area contributed by atoms with Crippen molar-refractivity contribution in [2.24, 2.45) is 0 Å². The molecule has 0 saturated carbocycles. The van der Waals surface area contributed by atoms with Crippen LogP contribution in [0.15, 0.2) is 42.5 Å². The van der Waals surface area contributed by atoms with Gasteiger partial charge in [-0.2, -0.15) is 0 Å². The van der Waals surface area contributed by atoms with Gasteiger partial charge < -0.3 is 18.9 Å². The van der Waals surface area contributed by atoms with Crippen molar-refractivity contribution in [3.8, 4) is 17.2 Å². The molecule has 0 aliphatic rings. The second kappa shape index (κ2) is 9.23. The summed E-state index contributed by atoms with van der Waals surface area (Å²) in [5.74, 6) is 0.964. The number of ether oxygens (including phenoxy) is 4. The van der Waals surface area contributed by atoms with Gasteiger partial charge >= 0.3 is 5.97 Å². The van der Waals surface area contributed by atoms with E-state index in [1.54, 1.807) is 18.2 Å². The van der Waals surface area contributed by atoms with Gasteiger partial charge in [0.05, 0.1) is 26.3 Å². The third-order valence-electron chi connectivity index (χ3n) is 3.68. The normalized spacial score (nSPS) is 10.5. The van der Waals surface area contributed by atoms with E-state index >= 15 is 0 Å². The number of methoxy groups -OCH3 is 3. The van der Waals surface area contributed by atoms with Crippen LogP contribution in [-0.4, -0.2) is 32.2 Å². The predicted octanol–water partition coefficient (Wildman–Crippen LogP) is 3.38. The summed E-state index contributed by atoms with van der Waals surface area (Å²) in [5, 5.41) is 10.9. The minimum absolute atomic E-state index is 0.112. The minimum Gasteiger partial charge on any atom is -0.497 e. The summed E-state index contributed by atoms with van der Waals surface area (Å²) in [4.78, 5) is 22.4. The number of hydrogen-bond donors (Lipinski definition) is 0. The van der Waals surface area contributed by atoms with Crippen LogP contribution in [0.1, 0.15) is 11.1 Å². The van der Waals surface area contributed by atoms with Gasteiger partial charge in [-0.3, -0.25) is 10.1 Å². The summed E-state index contributed by atoms with van der Waals surface area (Å²) in [5.41, 5.74) is 0.924. The quantitative estimate of drug-likeness (QED) is 0.303. The summed E-state index contributed by atoms with van der Waals surface area (Å²) in [7, 11) is 4.49. The van der Waals surface area contributed by atoms with Crippen molar-refractivity contribution >= 4 is 17.7 Å². The highest BCUT2D eigenvalue weighted by atomic mass is 16.6. The monoisotopic (exact) mass is 373 g/mol. The van der Waals surface area contributed by atoms with Gasteiger partial charge in [0.1, 0.15) is 23.9 Å². The van der Waals surface area contributed by atoms with Crippen LogP contribution >= 0.6 is 0 Å². The molecule has 27 heavy (non-hydrogen) atoms. The second-order valence-corrected chi connectivity index (χ2v) is 5.30. The lowest BCUT2D eigenvalue weighted by molar-refractivity contribution is -0.385. The Kier molecular flexibility index (Phi) is 6.76. The minimum atomic E-state index is -0.617. The SMILES string of the molecule is COc1ccc(OC)c(/C=C/C(=O)OCc2cc([N+](=O)[O-])ccc2OC)c1. The molecule has 0 heterocycles. The van der Waals surface area contributed by atoms with Crippen LogP contribution in [0.5, 0.6) is 17.2 Å². The van der Waals surface area contributed by atoms with Crippen LogP contribution in [-0.2, 0) is 16.1 Å². The van der Waals surface area contributed by atoms with Crippen molar-refractivity contribution in [2.75, 3.05) is 21.3 Å². The lowest BCUT2D eigenvalue weighted by Crippen LogP contribution is -2.03. The lowest BCUT2D eigenvalue weighted by Gasteiger charge is -2.09. The number of carbonyl (C=O) groups excluding carboxylic acids is 1. The molecule has 0 N–H and O–H groups in total. The summed E-state index contributed by atoms with van der Waals surface area (Å²) >= 11 is 0. The Labute approximate surface area is 156 Å². The van der Waals surface area contributed by atoms with Gasteiger partial charge in [0.2, 0.25) is 0 Å². The van der Waals surface area contributed by atoms with E-state index in [2.05, 4.69) is 0 Å². The molecule has 0 spiro atoms. The maximum absolute atomic E-state index is 12.0. The fourth-order valence-corrected chi connectivity index (χ4v) is 2.32. The van der Waals surface area contributed by atoms with E-state index in [1.807, 2.05) is 0 Å². The topological polar surface area (TPSA) is 97.1 Å². The van der Waals surface area contributed by atoms with Gasteiger partial charge in [-0.05, 0) is 30.3 Å². The van der Waals surface area contributed by atoms with Gasteiger partial charge in [-0.1, -0.05) is 0 Å². The summed E-state index contributed by atoms with van der Waals surface area (Å²) in [6.07, 6.45) is 2.77. The molecule has 0 aliphatic heterocycles. The summed E-state index contributed by atoms with van der Waals surface area (Å²) < 4.78 is 20.7. The Morgan fingerprint density at radius 2 is 1.74 bits per heavy atom. The molecule has 2 rings (SSSR count). The molecule has 8 nitrogen and oxygen atoms in total. The zero-order valence-corrected chi connectivity index (χ0v) is 15.1. The number of benzene rings is 2. The number of esters is 1. The highest BCUT2D eigenvalue weighted by molar-refractivity contribution is 5.87. The smallest absolute Gasteiger partial charge is 0.331 e. The van der Waals surface area contributed by atoms with Crippen LogP contribution in [0, 0.1) is 10.1 Å². The van der Waals surface area contributed by atoms with Crippen molar-refractivity contribution in [1.29, 1.82) is 0 Å². The van der Waals surface area contributed by atoms with Crippen molar-refractivity contribution in [3.63, 3.8) is 0 Å². The fourth-order valence-electron chi connectivity index (χ4n) is 2.32. The Balaban J connectivity index is 2.10. The maximum Gasteiger partial charge on any atom is 0.331 e. The van der Waals surface area contributed by atoms with Crippen LogP contribution < -0.4 is 14.2 Å². The van der Waals surface area contributed by atoms with Gasteiger partial charge in [0.15, 0.2) is 0 Å². The number of rotatable bonds is 8. The van der Waals surface area contributed by atoms with Crippen molar-refractivity contribution in [2.45, 2.75) is 6.61 Å². The third-order valence-corrected chi connectivity index (χ3v) is 3.68. The largest absolute Gasteiger partial charge is 0.497 e.